The van der Waals surface area contributed by atoms with Crippen LogP contribution >= 0.6 is 0 Å². The van der Waals surface area contributed by atoms with Crippen molar-refractivity contribution < 1.29 is 0 Å². The molecule has 0 N–H and O–H groups in total. The molecule has 2 nitrogen and oxygen atoms in total. The molecule has 0 fully saturated rings. The summed E-state index contributed by atoms with van der Waals surface area (Å²) in [5, 5.41) is 5.32. The minimum absolute atomic E-state index is 1.11. The van der Waals surface area contributed by atoms with Gasteiger partial charge in [-0.1, -0.05) is 55.1 Å². The van der Waals surface area contributed by atoms with Gasteiger partial charge in [0.15, 0.2) is 0 Å². The van der Waals surface area contributed by atoms with Crippen LogP contribution in [0.25, 0.3) is 56.3 Å². The molecule has 28 heavy (non-hydrogen) atoms. The average molecular weight is 362 g/mol. The third-order valence-corrected chi connectivity index (χ3v) is 6.44. The quantitative estimate of drug-likeness (QED) is 0.326. The third kappa shape index (κ3) is 1.69. The van der Waals surface area contributed by atoms with Crippen LogP contribution in [0.5, 0.6) is 0 Å². The standard InChI is InChI=1S/C26H22N2/c1-4-9-16-17-11-8-12-18-19-14-15-23-24(20-10-6-7-13-22(20)27(23)3)26(19)28(25(17)18)21(16)5-2/h4-6,8-12,14-15H,2,7,13H2,1,3H3/b9-4-. The van der Waals surface area contributed by atoms with E-state index in [2.05, 4.69) is 84.2 Å². The van der Waals surface area contributed by atoms with Crippen molar-refractivity contribution in [1.29, 1.82) is 0 Å². The zero-order valence-corrected chi connectivity index (χ0v) is 16.3. The molecule has 2 aromatic carbocycles. The minimum atomic E-state index is 1.11. The van der Waals surface area contributed by atoms with Crippen LogP contribution in [0, 0.1) is 0 Å². The highest BCUT2D eigenvalue weighted by atomic mass is 15.0. The van der Waals surface area contributed by atoms with Crippen LogP contribution in [-0.2, 0) is 13.5 Å². The molecule has 0 bridgehead atoms. The molecule has 3 aromatic heterocycles. The number of hydrogen-bond donors (Lipinski definition) is 0. The number of fused-ring (bicyclic) bond motifs is 7. The number of nitrogens with zero attached hydrogens (tertiary/aromatic N) is 2. The number of hydrogen-bond acceptors (Lipinski definition) is 0. The molecule has 1 aliphatic carbocycles. The molecule has 0 saturated carbocycles. The molecule has 6 rings (SSSR count). The predicted octanol–water partition coefficient (Wildman–Crippen LogP) is 6.81. The van der Waals surface area contributed by atoms with E-state index in [0.29, 0.717) is 0 Å². The first-order valence-electron chi connectivity index (χ1n) is 10.0. The van der Waals surface area contributed by atoms with Gasteiger partial charge >= 0.3 is 0 Å². The van der Waals surface area contributed by atoms with Gasteiger partial charge in [0.25, 0.3) is 0 Å². The summed E-state index contributed by atoms with van der Waals surface area (Å²) in [5.41, 5.74) is 9.22. The Morgan fingerprint density at radius 1 is 1.04 bits per heavy atom. The third-order valence-electron chi connectivity index (χ3n) is 6.44. The maximum Gasteiger partial charge on any atom is 0.0641 e. The largest absolute Gasteiger partial charge is 0.347 e. The number of rotatable bonds is 2. The molecule has 0 saturated heterocycles. The van der Waals surface area contributed by atoms with Crippen molar-refractivity contribution in [3.63, 3.8) is 0 Å². The molecule has 0 amide bonds. The summed E-state index contributed by atoms with van der Waals surface area (Å²) < 4.78 is 4.84. The highest BCUT2D eigenvalue weighted by Crippen LogP contribution is 2.43. The lowest BCUT2D eigenvalue weighted by Gasteiger charge is -2.07. The molecule has 0 aliphatic heterocycles. The number of aryl methyl sites for hydroxylation is 1. The van der Waals surface area contributed by atoms with Crippen LogP contribution in [0.4, 0.5) is 0 Å². The van der Waals surface area contributed by atoms with E-state index in [0.717, 1.165) is 12.8 Å². The monoisotopic (exact) mass is 362 g/mol. The van der Waals surface area contributed by atoms with Crippen LogP contribution in [0.2, 0.25) is 0 Å². The summed E-state index contributed by atoms with van der Waals surface area (Å²) in [6.45, 7) is 6.25. The number of benzene rings is 2. The predicted molar refractivity (Wildman–Crippen MR) is 122 cm³/mol. The van der Waals surface area contributed by atoms with Gasteiger partial charge in [-0.2, -0.15) is 0 Å². The zero-order chi connectivity index (χ0) is 19.0. The summed E-state index contributed by atoms with van der Waals surface area (Å²) in [6.07, 6.45) is 13.2. The summed E-state index contributed by atoms with van der Waals surface area (Å²) in [7, 11) is 2.21. The summed E-state index contributed by atoms with van der Waals surface area (Å²) in [4.78, 5) is 0. The molecular weight excluding hydrogens is 340 g/mol. The lowest BCUT2D eigenvalue weighted by atomic mass is 10.00. The first-order valence-corrected chi connectivity index (χ1v) is 10.0. The Kier molecular flexibility index (Phi) is 3.03. The fraction of sp³-hybridized carbons (Fsp3) is 0.154. The highest BCUT2D eigenvalue weighted by Gasteiger charge is 2.24. The lowest BCUT2D eigenvalue weighted by molar-refractivity contribution is 0.824. The van der Waals surface area contributed by atoms with Gasteiger partial charge in [-0.15, -0.1) is 0 Å². The van der Waals surface area contributed by atoms with Crippen molar-refractivity contribution in [2.45, 2.75) is 19.8 Å². The molecule has 0 atom stereocenters. The second-order valence-corrected chi connectivity index (χ2v) is 7.76. The van der Waals surface area contributed by atoms with Gasteiger partial charge in [-0.25, -0.2) is 0 Å². The SMILES string of the molecule is C=Cc1c(/C=C\C)c2cccc3c4ccc5c(c6c(n5C)CCC=C6)c4n1c23. The van der Waals surface area contributed by atoms with Gasteiger partial charge in [-0.05, 0) is 31.9 Å². The first-order chi connectivity index (χ1) is 13.8. The molecule has 3 heterocycles. The number of allylic oxidation sites excluding steroid dienone is 2. The lowest BCUT2D eigenvalue weighted by Crippen LogP contribution is -1.99. The molecule has 0 radical (unpaired) electrons. The maximum absolute atomic E-state index is 4.17. The first kappa shape index (κ1) is 15.8. The summed E-state index contributed by atoms with van der Waals surface area (Å²) >= 11 is 0. The maximum atomic E-state index is 4.17. The fourth-order valence-corrected chi connectivity index (χ4v) is 5.32. The smallest absolute Gasteiger partial charge is 0.0641 e. The van der Waals surface area contributed by atoms with E-state index in [4.69, 9.17) is 0 Å². The molecule has 5 aromatic rings. The Bertz CT molecular complexity index is 1480. The van der Waals surface area contributed by atoms with Crippen LogP contribution < -0.4 is 0 Å². The fourth-order valence-electron chi connectivity index (χ4n) is 5.32. The Morgan fingerprint density at radius 3 is 2.68 bits per heavy atom. The van der Waals surface area contributed by atoms with Crippen molar-refractivity contribution in [1.82, 2.24) is 8.97 Å². The van der Waals surface area contributed by atoms with Gasteiger partial charge in [0.2, 0.25) is 0 Å². The van der Waals surface area contributed by atoms with Crippen molar-refractivity contribution in [3.05, 3.63) is 71.6 Å². The van der Waals surface area contributed by atoms with Gasteiger partial charge in [0, 0.05) is 45.4 Å². The molecule has 2 heteroatoms. The van der Waals surface area contributed by atoms with Crippen LogP contribution in [0.3, 0.4) is 0 Å². The number of aromatic nitrogens is 2. The molecule has 0 unspecified atom stereocenters. The normalized spacial score (nSPS) is 14.4. The van der Waals surface area contributed by atoms with Gasteiger partial charge in [-0.3, -0.25) is 0 Å². The van der Waals surface area contributed by atoms with E-state index >= 15 is 0 Å². The van der Waals surface area contributed by atoms with Gasteiger partial charge in [0.05, 0.1) is 22.2 Å². The van der Waals surface area contributed by atoms with E-state index < -0.39 is 0 Å². The summed E-state index contributed by atoms with van der Waals surface area (Å²) in [5.74, 6) is 0. The van der Waals surface area contributed by atoms with Crippen molar-refractivity contribution in [2.75, 3.05) is 0 Å². The average Bonchev–Trinajstić information content (AvgIpc) is 3.33. The Hall–Kier alpha value is -3.26. The van der Waals surface area contributed by atoms with Gasteiger partial charge in [0.1, 0.15) is 0 Å². The van der Waals surface area contributed by atoms with E-state index in [9.17, 15) is 0 Å². The molecule has 1 aliphatic rings. The Balaban J connectivity index is 1.98. The highest BCUT2D eigenvalue weighted by molar-refractivity contribution is 6.24. The Labute approximate surface area is 164 Å². The van der Waals surface area contributed by atoms with E-state index in [1.807, 2.05) is 6.08 Å². The minimum Gasteiger partial charge on any atom is -0.347 e. The summed E-state index contributed by atoms with van der Waals surface area (Å²) in [6, 6.07) is 11.3. The second kappa shape index (κ2) is 5.39. The topological polar surface area (TPSA) is 9.34 Å². The molecule has 136 valence electrons. The Morgan fingerprint density at radius 2 is 1.86 bits per heavy atom. The van der Waals surface area contributed by atoms with Crippen LogP contribution in [0.15, 0.2) is 49.1 Å². The van der Waals surface area contributed by atoms with Crippen LogP contribution in [0.1, 0.15) is 35.9 Å². The van der Waals surface area contributed by atoms with E-state index in [1.165, 1.54) is 60.6 Å². The molecular formula is C26H22N2. The van der Waals surface area contributed by atoms with E-state index in [1.54, 1.807) is 0 Å². The van der Waals surface area contributed by atoms with Crippen molar-refractivity contribution in [3.8, 4) is 0 Å². The zero-order valence-electron chi connectivity index (χ0n) is 16.3. The van der Waals surface area contributed by atoms with Gasteiger partial charge < -0.3 is 8.97 Å². The second-order valence-electron chi connectivity index (χ2n) is 7.76. The molecule has 0 spiro atoms. The van der Waals surface area contributed by atoms with Crippen molar-refractivity contribution >= 4 is 56.3 Å². The van der Waals surface area contributed by atoms with Crippen LogP contribution in [-0.4, -0.2) is 8.97 Å². The van der Waals surface area contributed by atoms with E-state index in [-0.39, 0.29) is 0 Å². The van der Waals surface area contributed by atoms with Crippen molar-refractivity contribution in [2.24, 2.45) is 7.05 Å². The number of para-hydroxylation sites is 1.